The molecule has 0 saturated heterocycles. The van der Waals surface area contributed by atoms with Crippen LogP contribution in [0.1, 0.15) is 5.56 Å². The highest BCUT2D eigenvalue weighted by atomic mass is 16.6. The zero-order chi connectivity index (χ0) is 14.4. The number of carbonyl (C=O) groups excluding carboxylic acids is 2. The maximum Gasteiger partial charge on any atom is 0.274 e. The standard InChI is InChI=1S/C12H13N3O4/c1-2-11(16)14(12(17)7-13)8-9-5-3-4-6-10(9)15(18)19/h2-6H,1,7-8,13H2. The molecule has 2 N–H and O–H groups in total. The Bertz CT molecular complexity index is 527. The molecule has 0 heterocycles. The van der Waals surface area contributed by atoms with Crippen LogP contribution in [0.4, 0.5) is 5.69 Å². The van der Waals surface area contributed by atoms with Crippen molar-refractivity contribution in [2.75, 3.05) is 6.54 Å². The Balaban J connectivity index is 3.09. The molecule has 0 fully saturated rings. The van der Waals surface area contributed by atoms with Gasteiger partial charge in [-0.25, -0.2) is 0 Å². The van der Waals surface area contributed by atoms with E-state index in [1.807, 2.05) is 0 Å². The monoisotopic (exact) mass is 263 g/mol. The third-order valence-corrected chi connectivity index (χ3v) is 2.43. The summed E-state index contributed by atoms with van der Waals surface area (Å²) in [5, 5.41) is 10.9. The minimum atomic E-state index is -0.645. The number of para-hydroxylation sites is 1. The van der Waals surface area contributed by atoms with Gasteiger partial charge in [-0.1, -0.05) is 24.8 Å². The van der Waals surface area contributed by atoms with E-state index in [1.54, 1.807) is 6.07 Å². The van der Waals surface area contributed by atoms with E-state index in [1.165, 1.54) is 18.2 Å². The summed E-state index contributed by atoms with van der Waals surface area (Å²) in [6.45, 7) is 2.71. The van der Waals surface area contributed by atoms with E-state index in [9.17, 15) is 19.7 Å². The van der Waals surface area contributed by atoms with Crippen molar-refractivity contribution >= 4 is 17.5 Å². The van der Waals surface area contributed by atoms with Gasteiger partial charge in [0.2, 0.25) is 5.91 Å². The van der Waals surface area contributed by atoms with Gasteiger partial charge < -0.3 is 5.73 Å². The zero-order valence-corrected chi connectivity index (χ0v) is 10.1. The number of nitro benzene ring substituents is 1. The first-order chi connectivity index (χ1) is 9.01. The molecule has 0 aliphatic heterocycles. The molecule has 0 saturated carbocycles. The van der Waals surface area contributed by atoms with E-state index in [2.05, 4.69) is 6.58 Å². The molecule has 0 radical (unpaired) electrons. The highest BCUT2D eigenvalue weighted by Gasteiger charge is 2.22. The number of nitrogens with two attached hydrogens (primary N) is 1. The van der Waals surface area contributed by atoms with Gasteiger partial charge in [-0.2, -0.15) is 0 Å². The Morgan fingerprint density at radius 1 is 1.42 bits per heavy atom. The molecule has 0 aliphatic rings. The SMILES string of the molecule is C=CC(=O)N(Cc1ccccc1[N+](=O)[O-])C(=O)CN. The Kier molecular flexibility index (Phi) is 4.90. The highest BCUT2D eigenvalue weighted by Crippen LogP contribution is 2.19. The number of amides is 2. The first kappa shape index (κ1) is 14.5. The number of hydrogen-bond donors (Lipinski definition) is 1. The van der Waals surface area contributed by atoms with Crippen LogP contribution in [0.25, 0.3) is 0 Å². The maximum atomic E-state index is 11.6. The van der Waals surface area contributed by atoms with E-state index in [0.29, 0.717) is 0 Å². The fraction of sp³-hybridized carbons (Fsp3) is 0.167. The van der Waals surface area contributed by atoms with Crippen LogP contribution < -0.4 is 5.73 Å². The molecule has 100 valence electrons. The number of rotatable bonds is 5. The topological polar surface area (TPSA) is 107 Å². The van der Waals surface area contributed by atoms with Crippen molar-refractivity contribution in [3.8, 4) is 0 Å². The molecule has 0 bridgehead atoms. The summed E-state index contributed by atoms with van der Waals surface area (Å²) in [6, 6.07) is 5.88. The highest BCUT2D eigenvalue weighted by molar-refractivity contribution is 6.01. The first-order valence-electron chi connectivity index (χ1n) is 5.40. The number of hydrogen-bond acceptors (Lipinski definition) is 5. The summed E-state index contributed by atoms with van der Waals surface area (Å²) in [4.78, 5) is 34.2. The van der Waals surface area contributed by atoms with E-state index in [4.69, 9.17) is 5.73 Å². The second-order valence-electron chi connectivity index (χ2n) is 3.61. The van der Waals surface area contributed by atoms with E-state index >= 15 is 0 Å². The summed E-state index contributed by atoms with van der Waals surface area (Å²) >= 11 is 0. The minimum absolute atomic E-state index is 0.158. The van der Waals surface area contributed by atoms with Gasteiger partial charge in [0.1, 0.15) is 0 Å². The molecule has 19 heavy (non-hydrogen) atoms. The first-order valence-corrected chi connectivity index (χ1v) is 5.40. The fourth-order valence-corrected chi connectivity index (χ4v) is 1.50. The van der Waals surface area contributed by atoms with Crippen molar-refractivity contribution in [3.63, 3.8) is 0 Å². The molecule has 1 aromatic carbocycles. The molecule has 0 unspecified atom stereocenters. The van der Waals surface area contributed by atoms with Gasteiger partial charge in [-0.05, 0) is 6.08 Å². The maximum absolute atomic E-state index is 11.6. The van der Waals surface area contributed by atoms with Crippen LogP contribution in [-0.4, -0.2) is 28.2 Å². The second kappa shape index (κ2) is 6.41. The van der Waals surface area contributed by atoms with Gasteiger partial charge in [0.25, 0.3) is 11.6 Å². The summed E-state index contributed by atoms with van der Waals surface area (Å²) in [6.07, 6.45) is 0.961. The summed E-state index contributed by atoms with van der Waals surface area (Å²) in [5.41, 5.74) is 5.30. The fourth-order valence-electron chi connectivity index (χ4n) is 1.50. The largest absolute Gasteiger partial charge is 0.322 e. The average Bonchev–Trinajstić information content (AvgIpc) is 2.43. The normalized spacial score (nSPS) is 9.74. The third kappa shape index (κ3) is 3.46. The molecule has 0 spiro atoms. The van der Waals surface area contributed by atoms with Crippen molar-refractivity contribution in [1.82, 2.24) is 4.90 Å². The Morgan fingerprint density at radius 2 is 2.05 bits per heavy atom. The number of imide groups is 1. The Labute approximate surface area is 109 Å². The van der Waals surface area contributed by atoms with Gasteiger partial charge in [0, 0.05) is 11.6 Å². The van der Waals surface area contributed by atoms with Gasteiger partial charge in [0.05, 0.1) is 18.0 Å². The lowest BCUT2D eigenvalue weighted by molar-refractivity contribution is -0.385. The van der Waals surface area contributed by atoms with Crippen LogP contribution in [0.3, 0.4) is 0 Å². The smallest absolute Gasteiger partial charge is 0.274 e. The van der Waals surface area contributed by atoms with Crippen molar-refractivity contribution in [3.05, 3.63) is 52.6 Å². The number of nitrogens with zero attached hydrogens (tertiary/aromatic N) is 2. The molecule has 1 rings (SSSR count). The predicted molar refractivity (Wildman–Crippen MR) is 67.9 cm³/mol. The quantitative estimate of drug-likeness (QED) is 0.475. The summed E-state index contributed by atoms with van der Waals surface area (Å²) in [5.74, 6) is -1.27. The molecule has 1 aromatic rings. The molecular weight excluding hydrogens is 250 g/mol. The lowest BCUT2D eigenvalue weighted by Gasteiger charge is -2.18. The Morgan fingerprint density at radius 3 is 2.58 bits per heavy atom. The lowest BCUT2D eigenvalue weighted by Crippen LogP contribution is -2.39. The van der Waals surface area contributed by atoms with E-state index < -0.39 is 16.7 Å². The zero-order valence-electron chi connectivity index (χ0n) is 10.1. The molecule has 0 atom stereocenters. The number of nitro groups is 1. The van der Waals surface area contributed by atoms with Gasteiger partial charge in [0.15, 0.2) is 0 Å². The molecule has 7 nitrogen and oxygen atoms in total. The summed E-state index contributed by atoms with van der Waals surface area (Å²) < 4.78 is 0. The van der Waals surface area contributed by atoms with Crippen molar-refractivity contribution in [2.24, 2.45) is 5.73 Å². The van der Waals surface area contributed by atoms with Crippen LogP contribution in [0.2, 0.25) is 0 Å². The minimum Gasteiger partial charge on any atom is -0.322 e. The molecule has 2 amide bonds. The molecule has 7 heteroatoms. The van der Waals surface area contributed by atoms with Gasteiger partial charge in [-0.3, -0.25) is 24.6 Å². The average molecular weight is 263 g/mol. The van der Waals surface area contributed by atoms with Crippen molar-refractivity contribution < 1.29 is 14.5 Å². The predicted octanol–water partition coefficient (Wildman–Crippen LogP) is 0.595. The van der Waals surface area contributed by atoms with Gasteiger partial charge >= 0.3 is 0 Å². The van der Waals surface area contributed by atoms with E-state index in [0.717, 1.165) is 11.0 Å². The van der Waals surface area contributed by atoms with Crippen LogP contribution >= 0.6 is 0 Å². The Hall–Kier alpha value is -2.54. The number of carbonyl (C=O) groups is 2. The second-order valence-corrected chi connectivity index (χ2v) is 3.61. The van der Waals surface area contributed by atoms with Crippen molar-refractivity contribution in [1.29, 1.82) is 0 Å². The van der Waals surface area contributed by atoms with Crippen LogP contribution in [0.15, 0.2) is 36.9 Å². The third-order valence-electron chi connectivity index (χ3n) is 2.43. The molecular formula is C12H13N3O4. The van der Waals surface area contributed by atoms with Gasteiger partial charge in [-0.15, -0.1) is 0 Å². The molecule has 0 aliphatic carbocycles. The molecule has 0 aromatic heterocycles. The number of benzene rings is 1. The van der Waals surface area contributed by atoms with E-state index in [-0.39, 0.29) is 24.3 Å². The van der Waals surface area contributed by atoms with Crippen molar-refractivity contribution in [2.45, 2.75) is 6.54 Å². The lowest BCUT2D eigenvalue weighted by atomic mass is 10.1. The summed E-state index contributed by atoms with van der Waals surface area (Å²) in [7, 11) is 0. The van der Waals surface area contributed by atoms with Crippen LogP contribution in [0.5, 0.6) is 0 Å². The van der Waals surface area contributed by atoms with Crippen LogP contribution in [-0.2, 0) is 16.1 Å². The van der Waals surface area contributed by atoms with Crippen LogP contribution in [0, 0.1) is 10.1 Å².